The molecule has 0 amide bonds. The van der Waals surface area contributed by atoms with E-state index in [1.807, 2.05) is 24.6 Å². The molecule has 0 aliphatic heterocycles. The average Bonchev–Trinajstić information content (AvgIpc) is 2.67. The maximum atomic E-state index is 13.4. The van der Waals surface area contributed by atoms with Gasteiger partial charge in [-0.05, 0) is 45.4 Å². The Labute approximate surface area is 123 Å². The maximum absolute atomic E-state index is 13.4. The SMILES string of the molecule is Cc1nn(C(C)C)c(C)c1NCc1ccc(Cl)c(F)c1. The molecule has 0 aliphatic rings. The third kappa shape index (κ3) is 2.96. The molecule has 1 heterocycles. The summed E-state index contributed by atoms with van der Waals surface area (Å²) >= 11 is 5.68. The summed E-state index contributed by atoms with van der Waals surface area (Å²) in [5.41, 5.74) is 3.90. The van der Waals surface area contributed by atoms with Gasteiger partial charge in [-0.3, -0.25) is 4.68 Å². The van der Waals surface area contributed by atoms with Crippen LogP contribution in [0.2, 0.25) is 5.02 Å². The monoisotopic (exact) mass is 295 g/mol. The van der Waals surface area contributed by atoms with E-state index in [2.05, 4.69) is 24.3 Å². The number of hydrogen-bond acceptors (Lipinski definition) is 2. The zero-order valence-corrected chi connectivity index (χ0v) is 12.9. The molecule has 20 heavy (non-hydrogen) atoms. The van der Waals surface area contributed by atoms with Gasteiger partial charge in [-0.25, -0.2) is 4.39 Å². The Morgan fingerprint density at radius 1 is 1.35 bits per heavy atom. The zero-order chi connectivity index (χ0) is 14.9. The largest absolute Gasteiger partial charge is 0.378 e. The van der Waals surface area contributed by atoms with Crippen molar-refractivity contribution in [3.63, 3.8) is 0 Å². The van der Waals surface area contributed by atoms with Crippen molar-refractivity contribution < 1.29 is 4.39 Å². The lowest BCUT2D eigenvalue weighted by Crippen LogP contribution is -2.06. The first-order valence-electron chi connectivity index (χ1n) is 6.63. The van der Waals surface area contributed by atoms with E-state index in [1.54, 1.807) is 6.07 Å². The standard InChI is InChI=1S/C15H19ClFN3/c1-9(2)20-11(4)15(10(3)19-20)18-8-12-5-6-13(16)14(17)7-12/h5-7,9,18H,8H2,1-4H3. The van der Waals surface area contributed by atoms with Crippen molar-refractivity contribution in [3.8, 4) is 0 Å². The summed E-state index contributed by atoms with van der Waals surface area (Å²) in [7, 11) is 0. The number of rotatable bonds is 4. The Hall–Kier alpha value is -1.55. The van der Waals surface area contributed by atoms with Gasteiger partial charge < -0.3 is 5.32 Å². The zero-order valence-electron chi connectivity index (χ0n) is 12.2. The molecule has 1 aromatic heterocycles. The summed E-state index contributed by atoms with van der Waals surface area (Å²) in [6, 6.07) is 5.16. The van der Waals surface area contributed by atoms with Crippen LogP contribution in [-0.2, 0) is 6.54 Å². The lowest BCUT2D eigenvalue weighted by Gasteiger charge is -2.10. The number of aryl methyl sites for hydroxylation is 1. The molecule has 2 aromatic rings. The average molecular weight is 296 g/mol. The van der Waals surface area contributed by atoms with Crippen molar-refractivity contribution in [3.05, 3.63) is 46.0 Å². The van der Waals surface area contributed by atoms with E-state index in [9.17, 15) is 4.39 Å². The van der Waals surface area contributed by atoms with Crippen LogP contribution in [0.15, 0.2) is 18.2 Å². The van der Waals surface area contributed by atoms with E-state index in [0.29, 0.717) is 12.6 Å². The Bertz CT molecular complexity index is 620. The minimum absolute atomic E-state index is 0.147. The number of benzene rings is 1. The second-order valence-corrected chi connectivity index (χ2v) is 5.59. The van der Waals surface area contributed by atoms with Gasteiger partial charge in [0.2, 0.25) is 0 Å². The van der Waals surface area contributed by atoms with Gasteiger partial charge >= 0.3 is 0 Å². The van der Waals surface area contributed by atoms with Crippen molar-refractivity contribution >= 4 is 17.3 Å². The number of nitrogens with one attached hydrogen (secondary N) is 1. The molecule has 0 saturated carbocycles. The number of anilines is 1. The quantitative estimate of drug-likeness (QED) is 0.901. The molecule has 108 valence electrons. The summed E-state index contributed by atoms with van der Waals surface area (Å²) in [6.07, 6.45) is 0. The summed E-state index contributed by atoms with van der Waals surface area (Å²) in [5, 5.41) is 7.99. The summed E-state index contributed by atoms with van der Waals surface area (Å²) in [4.78, 5) is 0. The van der Waals surface area contributed by atoms with Crippen LogP contribution in [0.5, 0.6) is 0 Å². The molecular weight excluding hydrogens is 277 g/mol. The van der Waals surface area contributed by atoms with Gasteiger partial charge in [-0.2, -0.15) is 5.10 Å². The first-order chi connectivity index (χ1) is 9.40. The molecule has 0 radical (unpaired) electrons. The van der Waals surface area contributed by atoms with Gasteiger partial charge in [0, 0.05) is 12.6 Å². The summed E-state index contributed by atoms with van der Waals surface area (Å²) < 4.78 is 15.4. The van der Waals surface area contributed by atoms with Crippen LogP contribution in [0.25, 0.3) is 0 Å². The summed E-state index contributed by atoms with van der Waals surface area (Å²) in [6.45, 7) is 8.73. The molecule has 5 heteroatoms. The first-order valence-corrected chi connectivity index (χ1v) is 7.01. The molecule has 0 bridgehead atoms. The Morgan fingerprint density at radius 3 is 2.60 bits per heavy atom. The number of halogens is 2. The molecule has 2 rings (SSSR count). The number of nitrogens with zero attached hydrogens (tertiary/aromatic N) is 2. The van der Waals surface area contributed by atoms with Crippen molar-refractivity contribution in [1.29, 1.82) is 0 Å². The van der Waals surface area contributed by atoms with E-state index in [1.165, 1.54) is 6.07 Å². The van der Waals surface area contributed by atoms with E-state index < -0.39 is 5.82 Å². The highest BCUT2D eigenvalue weighted by Gasteiger charge is 2.13. The molecule has 1 aromatic carbocycles. The van der Waals surface area contributed by atoms with Crippen LogP contribution in [0, 0.1) is 19.7 Å². The van der Waals surface area contributed by atoms with E-state index >= 15 is 0 Å². The predicted molar refractivity (Wildman–Crippen MR) is 80.8 cm³/mol. The van der Waals surface area contributed by atoms with Crippen molar-refractivity contribution in [2.45, 2.75) is 40.3 Å². The van der Waals surface area contributed by atoms with Gasteiger partial charge in [-0.1, -0.05) is 17.7 Å². The van der Waals surface area contributed by atoms with Gasteiger partial charge in [-0.15, -0.1) is 0 Å². The normalized spacial score (nSPS) is 11.2. The topological polar surface area (TPSA) is 29.9 Å². The maximum Gasteiger partial charge on any atom is 0.142 e. The first kappa shape index (κ1) is 14.9. The van der Waals surface area contributed by atoms with Crippen LogP contribution >= 0.6 is 11.6 Å². The van der Waals surface area contributed by atoms with E-state index in [4.69, 9.17) is 11.6 Å². The molecule has 0 spiro atoms. The fourth-order valence-electron chi connectivity index (χ4n) is 2.26. The highest BCUT2D eigenvalue weighted by atomic mass is 35.5. The smallest absolute Gasteiger partial charge is 0.142 e. The van der Waals surface area contributed by atoms with Gasteiger partial charge in [0.15, 0.2) is 0 Å². The minimum atomic E-state index is -0.391. The molecule has 0 fully saturated rings. The van der Waals surface area contributed by atoms with Crippen LogP contribution in [-0.4, -0.2) is 9.78 Å². The molecule has 3 nitrogen and oxygen atoms in total. The molecule has 0 aliphatic carbocycles. The lowest BCUT2D eigenvalue weighted by atomic mass is 10.2. The van der Waals surface area contributed by atoms with Gasteiger partial charge in [0.1, 0.15) is 5.82 Å². The van der Waals surface area contributed by atoms with Crippen molar-refractivity contribution in [2.24, 2.45) is 0 Å². The van der Waals surface area contributed by atoms with Crippen LogP contribution in [0.4, 0.5) is 10.1 Å². The molecule has 1 N–H and O–H groups in total. The third-order valence-corrected chi connectivity index (χ3v) is 3.57. The lowest BCUT2D eigenvalue weighted by molar-refractivity contribution is 0.516. The highest BCUT2D eigenvalue weighted by molar-refractivity contribution is 6.30. The highest BCUT2D eigenvalue weighted by Crippen LogP contribution is 2.23. The van der Waals surface area contributed by atoms with E-state index in [0.717, 1.165) is 22.6 Å². The second kappa shape index (κ2) is 5.83. The fraction of sp³-hybridized carbons (Fsp3) is 0.400. The van der Waals surface area contributed by atoms with Crippen LogP contribution in [0.1, 0.15) is 36.8 Å². The van der Waals surface area contributed by atoms with Gasteiger partial charge in [0.25, 0.3) is 0 Å². The Balaban J connectivity index is 2.16. The summed E-state index contributed by atoms with van der Waals surface area (Å²) in [5.74, 6) is -0.391. The fourth-order valence-corrected chi connectivity index (χ4v) is 2.38. The van der Waals surface area contributed by atoms with Crippen molar-refractivity contribution in [1.82, 2.24) is 9.78 Å². The predicted octanol–water partition coefficient (Wildman–Crippen LogP) is 4.49. The molecule has 0 atom stereocenters. The molecule has 0 saturated heterocycles. The Morgan fingerprint density at radius 2 is 2.05 bits per heavy atom. The van der Waals surface area contributed by atoms with E-state index in [-0.39, 0.29) is 5.02 Å². The second-order valence-electron chi connectivity index (χ2n) is 5.19. The minimum Gasteiger partial charge on any atom is -0.378 e. The number of aromatic nitrogens is 2. The Kier molecular flexibility index (Phi) is 4.33. The molecular formula is C15H19ClFN3. The van der Waals surface area contributed by atoms with Crippen LogP contribution in [0.3, 0.4) is 0 Å². The van der Waals surface area contributed by atoms with Gasteiger partial charge in [0.05, 0.1) is 22.1 Å². The third-order valence-electron chi connectivity index (χ3n) is 3.27. The number of hydrogen-bond donors (Lipinski definition) is 1. The van der Waals surface area contributed by atoms with Crippen LogP contribution < -0.4 is 5.32 Å². The molecule has 0 unspecified atom stereocenters. The van der Waals surface area contributed by atoms with Crippen molar-refractivity contribution in [2.75, 3.05) is 5.32 Å².